The third kappa shape index (κ3) is 5.31. The van der Waals surface area contributed by atoms with Gasteiger partial charge in [-0.1, -0.05) is 19.1 Å². The highest BCUT2D eigenvalue weighted by atomic mass is 32.1. The molecule has 2 N–H and O–H groups in total. The van der Waals surface area contributed by atoms with Crippen LogP contribution in [0, 0.1) is 5.92 Å². The molecule has 0 aliphatic carbocycles. The van der Waals surface area contributed by atoms with E-state index in [1.807, 2.05) is 6.20 Å². The molecule has 0 radical (unpaired) electrons. The van der Waals surface area contributed by atoms with Crippen LogP contribution in [0.4, 0.5) is 0 Å². The van der Waals surface area contributed by atoms with E-state index in [4.69, 9.17) is 12.2 Å². The Kier molecular flexibility index (Phi) is 5.03. The highest BCUT2D eigenvalue weighted by Gasteiger charge is 1.97. The molecule has 5 nitrogen and oxygen atoms in total. The van der Waals surface area contributed by atoms with Crippen LogP contribution in [0.5, 0.6) is 0 Å². The summed E-state index contributed by atoms with van der Waals surface area (Å²) < 4.78 is 1.76. The fourth-order valence-corrected chi connectivity index (χ4v) is 1.18. The van der Waals surface area contributed by atoms with Gasteiger partial charge in [-0.15, -0.1) is 5.10 Å². The standard InChI is InChI=1S/C9H17N5S/c1-8(2)7-11-9(15)10-3-5-14-6-4-12-13-14/h4,6,8H,3,5,7H2,1-2H3,(H2,10,11,15). The summed E-state index contributed by atoms with van der Waals surface area (Å²) in [6.45, 7) is 6.71. The molecule has 0 bridgehead atoms. The van der Waals surface area contributed by atoms with Crippen molar-refractivity contribution < 1.29 is 0 Å². The summed E-state index contributed by atoms with van der Waals surface area (Å²) in [7, 11) is 0. The van der Waals surface area contributed by atoms with Crippen molar-refractivity contribution in [3.05, 3.63) is 12.4 Å². The van der Waals surface area contributed by atoms with Crippen LogP contribution in [0.2, 0.25) is 0 Å². The zero-order valence-corrected chi connectivity index (χ0v) is 9.92. The Bertz CT molecular complexity index is 283. The number of hydrogen-bond acceptors (Lipinski definition) is 3. The van der Waals surface area contributed by atoms with Crippen molar-refractivity contribution in [2.45, 2.75) is 20.4 Å². The summed E-state index contributed by atoms with van der Waals surface area (Å²) in [4.78, 5) is 0. The maximum atomic E-state index is 5.10. The average molecular weight is 227 g/mol. The number of nitrogens with one attached hydrogen (secondary N) is 2. The first-order chi connectivity index (χ1) is 7.18. The first-order valence-corrected chi connectivity index (χ1v) is 5.45. The first kappa shape index (κ1) is 11.9. The number of rotatable bonds is 5. The Morgan fingerprint density at radius 3 is 2.87 bits per heavy atom. The van der Waals surface area contributed by atoms with Crippen LogP contribution in [0.3, 0.4) is 0 Å². The summed E-state index contributed by atoms with van der Waals surface area (Å²) in [5.41, 5.74) is 0. The maximum Gasteiger partial charge on any atom is 0.166 e. The van der Waals surface area contributed by atoms with Gasteiger partial charge in [0.15, 0.2) is 5.11 Å². The minimum absolute atomic E-state index is 0.597. The fraction of sp³-hybridized carbons (Fsp3) is 0.667. The third-order valence-electron chi connectivity index (χ3n) is 1.77. The van der Waals surface area contributed by atoms with E-state index in [2.05, 4.69) is 34.8 Å². The predicted octanol–water partition coefficient (Wildman–Crippen LogP) is 0.398. The normalized spacial score (nSPS) is 10.3. The highest BCUT2D eigenvalue weighted by Crippen LogP contribution is 1.86. The molecule has 6 heteroatoms. The molecule has 0 aliphatic rings. The summed E-state index contributed by atoms with van der Waals surface area (Å²) in [5, 5.41) is 14.5. The Morgan fingerprint density at radius 2 is 2.27 bits per heavy atom. The average Bonchev–Trinajstić information content (AvgIpc) is 2.67. The molecule has 0 aliphatic heterocycles. The van der Waals surface area contributed by atoms with Crippen molar-refractivity contribution in [2.75, 3.05) is 13.1 Å². The molecule has 15 heavy (non-hydrogen) atoms. The molecule has 0 spiro atoms. The van der Waals surface area contributed by atoms with Gasteiger partial charge in [0.1, 0.15) is 0 Å². The van der Waals surface area contributed by atoms with Gasteiger partial charge in [0, 0.05) is 19.3 Å². The quantitative estimate of drug-likeness (QED) is 0.713. The van der Waals surface area contributed by atoms with E-state index in [1.165, 1.54) is 0 Å². The fourth-order valence-electron chi connectivity index (χ4n) is 0.995. The van der Waals surface area contributed by atoms with Crippen molar-refractivity contribution in [3.63, 3.8) is 0 Å². The van der Waals surface area contributed by atoms with Crippen LogP contribution >= 0.6 is 12.2 Å². The van der Waals surface area contributed by atoms with Crippen molar-refractivity contribution in [1.82, 2.24) is 25.6 Å². The largest absolute Gasteiger partial charge is 0.362 e. The molecule has 1 aromatic rings. The van der Waals surface area contributed by atoms with E-state index in [-0.39, 0.29) is 0 Å². The van der Waals surface area contributed by atoms with Gasteiger partial charge in [0.05, 0.1) is 12.7 Å². The van der Waals surface area contributed by atoms with Crippen LogP contribution in [-0.4, -0.2) is 33.2 Å². The topological polar surface area (TPSA) is 54.8 Å². The number of hydrogen-bond donors (Lipinski definition) is 2. The number of nitrogens with zero attached hydrogens (tertiary/aromatic N) is 3. The van der Waals surface area contributed by atoms with Crippen molar-refractivity contribution in [1.29, 1.82) is 0 Å². The highest BCUT2D eigenvalue weighted by molar-refractivity contribution is 7.80. The second kappa shape index (κ2) is 6.34. The van der Waals surface area contributed by atoms with E-state index in [1.54, 1.807) is 10.9 Å². The van der Waals surface area contributed by atoms with Gasteiger partial charge >= 0.3 is 0 Å². The lowest BCUT2D eigenvalue weighted by molar-refractivity contribution is 0.572. The van der Waals surface area contributed by atoms with E-state index < -0.39 is 0 Å². The smallest absolute Gasteiger partial charge is 0.166 e. The molecule has 1 rings (SSSR count). The van der Waals surface area contributed by atoms with Gasteiger partial charge in [-0.3, -0.25) is 4.68 Å². The van der Waals surface area contributed by atoms with Crippen molar-refractivity contribution >= 4 is 17.3 Å². The zero-order chi connectivity index (χ0) is 11.1. The summed E-state index contributed by atoms with van der Waals surface area (Å²) >= 11 is 5.10. The number of aromatic nitrogens is 3. The Balaban J connectivity index is 2.07. The molecule has 0 saturated heterocycles. The summed E-state index contributed by atoms with van der Waals surface area (Å²) in [6.07, 6.45) is 3.49. The molecular formula is C9H17N5S. The Morgan fingerprint density at radius 1 is 1.47 bits per heavy atom. The molecule has 0 atom stereocenters. The van der Waals surface area contributed by atoms with Gasteiger partial charge in [-0.2, -0.15) is 0 Å². The van der Waals surface area contributed by atoms with Crippen molar-refractivity contribution in [2.24, 2.45) is 5.92 Å². The lowest BCUT2D eigenvalue weighted by Crippen LogP contribution is -2.38. The third-order valence-corrected chi connectivity index (χ3v) is 2.06. The lowest BCUT2D eigenvalue weighted by atomic mass is 10.2. The molecule has 1 aromatic heterocycles. The Labute approximate surface area is 95.2 Å². The van der Waals surface area contributed by atoms with Crippen LogP contribution in [-0.2, 0) is 6.54 Å². The van der Waals surface area contributed by atoms with Gasteiger partial charge in [0.25, 0.3) is 0 Å². The van der Waals surface area contributed by atoms with Gasteiger partial charge in [-0.05, 0) is 18.1 Å². The van der Waals surface area contributed by atoms with Gasteiger partial charge < -0.3 is 10.6 Å². The van der Waals surface area contributed by atoms with Crippen LogP contribution < -0.4 is 10.6 Å². The van der Waals surface area contributed by atoms with Gasteiger partial charge in [0.2, 0.25) is 0 Å². The molecule has 0 saturated carbocycles. The molecule has 0 amide bonds. The first-order valence-electron chi connectivity index (χ1n) is 5.04. The molecule has 0 unspecified atom stereocenters. The van der Waals surface area contributed by atoms with Crippen molar-refractivity contribution in [3.8, 4) is 0 Å². The monoisotopic (exact) mass is 227 g/mol. The van der Waals surface area contributed by atoms with E-state index in [0.29, 0.717) is 11.0 Å². The lowest BCUT2D eigenvalue weighted by Gasteiger charge is -2.11. The molecule has 1 heterocycles. The van der Waals surface area contributed by atoms with E-state index in [0.717, 1.165) is 19.6 Å². The predicted molar refractivity (Wildman–Crippen MR) is 63.5 cm³/mol. The molecule has 84 valence electrons. The molecular weight excluding hydrogens is 210 g/mol. The second-order valence-electron chi connectivity index (χ2n) is 3.70. The molecule has 0 fully saturated rings. The second-order valence-corrected chi connectivity index (χ2v) is 4.11. The SMILES string of the molecule is CC(C)CNC(=S)NCCn1ccnn1. The van der Waals surface area contributed by atoms with E-state index in [9.17, 15) is 0 Å². The van der Waals surface area contributed by atoms with Crippen LogP contribution in [0.1, 0.15) is 13.8 Å². The number of thiocarbonyl (C=S) groups is 1. The minimum Gasteiger partial charge on any atom is -0.362 e. The summed E-state index contributed by atoms with van der Waals surface area (Å²) in [6, 6.07) is 0. The van der Waals surface area contributed by atoms with Crippen LogP contribution in [0.15, 0.2) is 12.4 Å². The molecule has 0 aromatic carbocycles. The zero-order valence-electron chi connectivity index (χ0n) is 9.10. The van der Waals surface area contributed by atoms with Crippen LogP contribution in [0.25, 0.3) is 0 Å². The maximum absolute atomic E-state index is 5.10. The Hall–Kier alpha value is -1.17. The minimum atomic E-state index is 0.597. The van der Waals surface area contributed by atoms with Gasteiger partial charge in [-0.25, -0.2) is 0 Å². The van der Waals surface area contributed by atoms with E-state index >= 15 is 0 Å². The summed E-state index contributed by atoms with van der Waals surface area (Å²) in [5.74, 6) is 0.597.